The molecule has 0 saturated heterocycles. The highest BCUT2D eigenvalue weighted by molar-refractivity contribution is 5.98. The highest BCUT2D eigenvalue weighted by atomic mass is 16.1. The third-order valence-electron chi connectivity index (χ3n) is 1.79. The Morgan fingerprint density at radius 2 is 2.13 bits per heavy atom. The van der Waals surface area contributed by atoms with Crippen LogP contribution in [0.2, 0.25) is 0 Å². The molecule has 0 bridgehead atoms. The van der Waals surface area contributed by atoms with Crippen LogP contribution in [0, 0.1) is 11.5 Å². The number of carbonyl (C=O) groups excluding carboxylic acids is 1. The predicted molar refractivity (Wildman–Crippen MR) is 57.5 cm³/mol. The number of nitrogens with one attached hydrogen (secondary N) is 1. The SMILES string of the molecule is CC(=NCC(=O)c1ccccc1)NC#N. The average Bonchev–Trinajstić information content (AvgIpc) is 2.27. The van der Waals surface area contributed by atoms with Crippen LogP contribution in [0.3, 0.4) is 0 Å². The number of rotatable bonds is 3. The monoisotopic (exact) mass is 201 g/mol. The summed E-state index contributed by atoms with van der Waals surface area (Å²) in [6, 6.07) is 8.94. The maximum atomic E-state index is 11.5. The van der Waals surface area contributed by atoms with Gasteiger partial charge in [0.15, 0.2) is 12.0 Å². The van der Waals surface area contributed by atoms with Crippen LogP contribution in [0.15, 0.2) is 35.3 Å². The molecule has 0 spiro atoms. The Hall–Kier alpha value is -2.15. The lowest BCUT2D eigenvalue weighted by molar-refractivity contribution is 0.100. The molecular formula is C11H11N3O. The molecule has 15 heavy (non-hydrogen) atoms. The molecule has 1 aromatic rings. The Labute approximate surface area is 88.3 Å². The number of aliphatic imine (C=N–C) groups is 1. The van der Waals surface area contributed by atoms with Crippen molar-refractivity contribution in [2.75, 3.05) is 6.54 Å². The van der Waals surface area contributed by atoms with E-state index >= 15 is 0 Å². The quantitative estimate of drug-likeness (QED) is 0.264. The number of amidine groups is 1. The van der Waals surface area contributed by atoms with Gasteiger partial charge in [0.05, 0.1) is 0 Å². The van der Waals surface area contributed by atoms with Crippen LogP contribution in [-0.4, -0.2) is 18.2 Å². The molecule has 4 nitrogen and oxygen atoms in total. The first-order valence-corrected chi connectivity index (χ1v) is 4.48. The molecule has 0 aromatic heterocycles. The van der Waals surface area contributed by atoms with Crippen LogP contribution < -0.4 is 5.32 Å². The summed E-state index contributed by atoms with van der Waals surface area (Å²) in [7, 11) is 0. The zero-order valence-electron chi connectivity index (χ0n) is 8.40. The maximum Gasteiger partial charge on any atom is 0.184 e. The third kappa shape index (κ3) is 3.61. The van der Waals surface area contributed by atoms with Crippen LogP contribution >= 0.6 is 0 Å². The van der Waals surface area contributed by atoms with E-state index in [0.29, 0.717) is 11.4 Å². The number of hydrogen-bond donors (Lipinski definition) is 1. The van der Waals surface area contributed by atoms with Crippen molar-refractivity contribution < 1.29 is 4.79 Å². The predicted octanol–water partition coefficient (Wildman–Crippen LogP) is 1.36. The summed E-state index contributed by atoms with van der Waals surface area (Å²) in [6.07, 6.45) is 1.74. The minimum Gasteiger partial charge on any atom is -0.292 e. The molecule has 0 saturated carbocycles. The van der Waals surface area contributed by atoms with E-state index in [0.717, 1.165) is 0 Å². The molecular weight excluding hydrogens is 190 g/mol. The second-order valence-electron chi connectivity index (χ2n) is 2.93. The third-order valence-corrected chi connectivity index (χ3v) is 1.79. The molecule has 0 aliphatic carbocycles. The van der Waals surface area contributed by atoms with Gasteiger partial charge in [0.1, 0.15) is 12.4 Å². The van der Waals surface area contributed by atoms with Gasteiger partial charge in [-0.1, -0.05) is 30.3 Å². The zero-order chi connectivity index (χ0) is 11.1. The van der Waals surface area contributed by atoms with Crippen LogP contribution in [0.4, 0.5) is 0 Å². The molecule has 0 fully saturated rings. The normalized spacial score (nSPS) is 10.5. The Kier molecular flexibility index (Phi) is 4.05. The van der Waals surface area contributed by atoms with Crippen LogP contribution in [-0.2, 0) is 0 Å². The van der Waals surface area contributed by atoms with E-state index in [1.165, 1.54) is 0 Å². The fourth-order valence-electron chi connectivity index (χ4n) is 1.03. The van der Waals surface area contributed by atoms with Gasteiger partial charge in [-0.2, -0.15) is 5.26 Å². The van der Waals surface area contributed by atoms with E-state index in [4.69, 9.17) is 5.26 Å². The minimum atomic E-state index is -0.0605. The lowest BCUT2D eigenvalue weighted by Gasteiger charge is -1.98. The second-order valence-corrected chi connectivity index (χ2v) is 2.93. The van der Waals surface area contributed by atoms with Crippen molar-refractivity contribution in [3.8, 4) is 6.19 Å². The summed E-state index contributed by atoms with van der Waals surface area (Å²) in [5, 5.41) is 10.6. The van der Waals surface area contributed by atoms with Gasteiger partial charge in [-0.25, -0.2) is 0 Å². The molecule has 0 radical (unpaired) electrons. The summed E-state index contributed by atoms with van der Waals surface area (Å²) in [5.74, 6) is 0.386. The van der Waals surface area contributed by atoms with Crippen molar-refractivity contribution in [2.24, 2.45) is 4.99 Å². The minimum absolute atomic E-state index is 0.0600. The Morgan fingerprint density at radius 3 is 2.73 bits per heavy atom. The van der Waals surface area contributed by atoms with Gasteiger partial charge in [-0.3, -0.25) is 15.1 Å². The number of hydrogen-bond acceptors (Lipinski definition) is 3. The molecule has 1 rings (SSSR count). The fraction of sp³-hybridized carbons (Fsp3) is 0.182. The largest absolute Gasteiger partial charge is 0.292 e. The van der Waals surface area contributed by atoms with E-state index < -0.39 is 0 Å². The van der Waals surface area contributed by atoms with Gasteiger partial charge in [-0.05, 0) is 6.92 Å². The van der Waals surface area contributed by atoms with Crippen LogP contribution in [0.1, 0.15) is 17.3 Å². The van der Waals surface area contributed by atoms with Crippen molar-refractivity contribution in [1.29, 1.82) is 5.26 Å². The van der Waals surface area contributed by atoms with Gasteiger partial charge < -0.3 is 0 Å². The Morgan fingerprint density at radius 1 is 1.47 bits per heavy atom. The van der Waals surface area contributed by atoms with Crippen molar-refractivity contribution in [3.05, 3.63) is 35.9 Å². The standard InChI is InChI=1S/C11H11N3O/c1-9(14-8-12)13-7-11(15)10-5-3-2-4-6-10/h2-6H,7H2,1H3,(H,13,14). The topological polar surface area (TPSA) is 65.2 Å². The molecule has 4 heteroatoms. The molecule has 76 valence electrons. The fourth-order valence-corrected chi connectivity index (χ4v) is 1.03. The molecule has 1 N–H and O–H groups in total. The van der Waals surface area contributed by atoms with E-state index in [9.17, 15) is 4.79 Å². The first-order valence-electron chi connectivity index (χ1n) is 4.48. The highest BCUT2D eigenvalue weighted by Gasteiger charge is 2.02. The summed E-state index contributed by atoms with van der Waals surface area (Å²) < 4.78 is 0. The summed E-state index contributed by atoms with van der Waals surface area (Å²) >= 11 is 0. The van der Waals surface area contributed by atoms with Crippen LogP contribution in [0.5, 0.6) is 0 Å². The number of benzene rings is 1. The second kappa shape index (κ2) is 5.55. The number of nitrogens with zero attached hydrogens (tertiary/aromatic N) is 2. The summed E-state index contributed by atoms with van der Waals surface area (Å²) in [6.45, 7) is 1.70. The summed E-state index contributed by atoms with van der Waals surface area (Å²) in [4.78, 5) is 15.5. The van der Waals surface area contributed by atoms with Crippen LogP contribution in [0.25, 0.3) is 0 Å². The molecule has 0 aliphatic heterocycles. The van der Waals surface area contributed by atoms with Gasteiger partial charge in [0, 0.05) is 5.56 Å². The van der Waals surface area contributed by atoms with Gasteiger partial charge in [-0.15, -0.1) is 0 Å². The molecule has 0 amide bonds. The highest BCUT2D eigenvalue weighted by Crippen LogP contribution is 1.99. The maximum absolute atomic E-state index is 11.5. The Bertz CT molecular complexity index is 404. The molecule has 0 unspecified atom stereocenters. The van der Waals surface area contributed by atoms with Gasteiger partial charge in [0.25, 0.3) is 0 Å². The van der Waals surface area contributed by atoms with Crippen molar-refractivity contribution >= 4 is 11.6 Å². The van der Waals surface area contributed by atoms with Crippen molar-refractivity contribution in [2.45, 2.75) is 6.92 Å². The number of Topliss-reactive ketones (excluding diaryl/α,β-unsaturated/α-hetero) is 1. The number of carbonyl (C=O) groups is 1. The first-order chi connectivity index (χ1) is 7.24. The lowest BCUT2D eigenvalue weighted by Crippen LogP contribution is -2.15. The summed E-state index contributed by atoms with van der Waals surface area (Å²) in [5.41, 5.74) is 0.631. The lowest BCUT2D eigenvalue weighted by atomic mass is 10.1. The first kappa shape index (κ1) is 10.9. The van der Waals surface area contributed by atoms with E-state index in [1.807, 2.05) is 6.07 Å². The van der Waals surface area contributed by atoms with Gasteiger partial charge >= 0.3 is 0 Å². The van der Waals surface area contributed by atoms with Crippen molar-refractivity contribution in [1.82, 2.24) is 5.32 Å². The Balaban J connectivity index is 2.58. The average molecular weight is 201 g/mol. The van der Waals surface area contributed by atoms with E-state index in [2.05, 4.69) is 10.3 Å². The number of nitriles is 1. The smallest absolute Gasteiger partial charge is 0.184 e. The van der Waals surface area contributed by atoms with E-state index in [-0.39, 0.29) is 12.3 Å². The molecule has 0 atom stereocenters. The van der Waals surface area contributed by atoms with Gasteiger partial charge in [0.2, 0.25) is 0 Å². The number of ketones is 1. The molecule has 0 heterocycles. The van der Waals surface area contributed by atoms with E-state index in [1.54, 1.807) is 37.4 Å². The van der Waals surface area contributed by atoms with Crippen molar-refractivity contribution in [3.63, 3.8) is 0 Å². The zero-order valence-corrected chi connectivity index (χ0v) is 8.40. The molecule has 0 aliphatic rings. The molecule has 1 aromatic carbocycles.